The Balaban J connectivity index is 1.77. The second-order valence-corrected chi connectivity index (χ2v) is 4.80. The fourth-order valence-corrected chi connectivity index (χ4v) is 2.03. The van der Waals surface area contributed by atoms with Crippen molar-refractivity contribution >= 4 is 11.9 Å². The molecular weight excluding hydrogens is 242 g/mol. The average molecular weight is 261 g/mol. The lowest BCUT2D eigenvalue weighted by Crippen LogP contribution is -2.53. The summed E-state index contributed by atoms with van der Waals surface area (Å²) in [7, 11) is 0. The van der Waals surface area contributed by atoms with Crippen LogP contribution in [-0.2, 0) is 4.74 Å². The van der Waals surface area contributed by atoms with Gasteiger partial charge in [0, 0.05) is 18.7 Å². The number of ketones is 1. The first-order chi connectivity index (χ1) is 9.22. The quantitative estimate of drug-likeness (QED) is 0.605. The van der Waals surface area contributed by atoms with Crippen molar-refractivity contribution < 1.29 is 14.3 Å². The Hall–Kier alpha value is -1.84. The average Bonchev–Trinajstić information content (AvgIpc) is 2.38. The van der Waals surface area contributed by atoms with Gasteiger partial charge in [-0.25, -0.2) is 4.79 Å². The van der Waals surface area contributed by atoms with Gasteiger partial charge in [0.1, 0.15) is 0 Å². The second-order valence-electron chi connectivity index (χ2n) is 4.80. The molecule has 1 amide bonds. The molecule has 0 aliphatic carbocycles. The summed E-state index contributed by atoms with van der Waals surface area (Å²) in [5, 5.41) is 0. The van der Waals surface area contributed by atoms with E-state index in [0.717, 1.165) is 12.8 Å². The van der Waals surface area contributed by atoms with Crippen molar-refractivity contribution in [2.45, 2.75) is 19.8 Å². The van der Waals surface area contributed by atoms with Crippen LogP contribution in [0.3, 0.4) is 0 Å². The Kier molecular flexibility index (Phi) is 4.55. The zero-order valence-electron chi connectivity index (χ0n) is 11.2. The topological polar surface area (TPSA) is 46.6 Å². The number of ether oxygens (including phenoxy) is 1. The maximum Gasteiger partial charge on any atom is 0.409 e. The number of likely N-dealkylation sites (tertiary alicyclic amines) is 1. The van der Waals surface area contributed by atoms with Gasteiger partial charge < -0.3 is 9.64 Å². The summed E-state index contributed by atoms with van der Waals surface area (Å²) in [5.41, 5.74) is 0.714. The molecule has 0 aromatic heterocycles. The van der Waals surface area contributed by atoms with E-state index >= 15 is 0 Å². The summed E-state index contributed by atoms with van der Waals surface area (Å²) < 4.78 is 5.10. The summed E-state index contributed by atoms with van der Waals surface area (Å²) >= 11 is 0. The van der Waals surface area contributed by atoms with Crippen LogP contribution in [0.5, 0.6) is 0 Å². The predicted octanol–water partition coefficient (Wildman–Crippen LogP) is 2.74. The highest BCUT2D eigenvalue weighted by molar-refractivity contribution is 5.99. The highest BCUT2D eigenvalue weighted by atomic mass is 16.6. The molecule has 1 fully saturated rings. The molecule has 1 aromatic rings. The number of rotatable bonds is 5. The van der Waals surface area contributed by atoms with Gasteiger partial charge in [-0.15, -0.1) is 0 Å². The molecule has 1 aliphatic rings. The molecule has 1 saturated heterocycles. The number of carbonyl (C=O) groups excluding carboxylic acids is 2. The van der Waals surface area contributed by atoms with Gasteiger partial charge in [0.25, 0.3) is 0 Å². The molecule has 0 saturated carbocycles. The van der Waals surface area contributed by atoms with Crippen molar-refractivity contribution in [1.82, 2.24) is 4.90 Å². The Morgan fingerprint density at radius 1 is 1.26 bits per heavy atom. The maximum atomic E-state index is 12.1. The minimum Gasteiger partial charge on any atom is -0.449 e. The molecular formula is C15H19NO3. The van der Waals surface area contributed by atoms with Crippen LogP contribution >= 0.6 is 0 Å². The molecule has 0 radical (unpaired) electrons. The number of benzene rings is 1. The van der Waals surface area contributed by atoms with Gasteiger partial charge in [0.2, 0.25) is 0 Å². The van der Waals surface area contributed by atoms with E-state index in [-0.39, 0.29) is 17.8 Å². The van der Waals surface area contributed by atoms with E-state index < -0.39 is 0 Å². The zero-order chi connectivity index (χ0) is 13.7. The zero-order valence-corrected chi connectivity index (χ0v) is 11.2. The second kappa shape index (κ2) is 6.36. The summed E-state index contributed by atoms with van der Waals surface area (Å²) in [6, 6.07) is 9.20. The molecule has 0 bridgehead atoms. The van der Waals surface area contributed by atoms with E-state index in [0.29, 0.717) is 25.3 Å². The normalized spacial score (nSPS) is 14.9. The van der Waals surface area contributed by atoms with Crippen molar-refractivity contribution in [3.63, 3.8) is 0 Å². The van der Waals surface area contributed by atoms with Crippen LogP contribution < -0.4 is 0 Å². The number of Topliss-reactive ketones (excluding diaryl/α,β-unsaturated/α-hetero) is 1. The number of hydrogen-bond acceptors (Lipinski definition) is 3. The van der Waals surface area contributed by atoms with Crippen LogP contribution in [-0.4, -0.2) is 36.5 Å². The molecule has 0 unspecified atom stereocenters. The SMILES string of the molecule is CCCCOC(=O)N1CC(C(=O)c2ccccc2)C1. The molecule has 4 heteroatoms. The first kappa shape index (κ1) is 13.6. The van der Waals surface area contributed by atoms with E-state index in [1.165, 1.54) is 0 Å². The van der Waals surface area contributed by atoms with E-state index in [1.807, 2.05) is 37.3 Å². The van der Waals surface area contributed by atoms with Crippen LogP contribution in [0.2, 0.25) is 0 Å². The number of hydrogen-bond donors (Lipinski definition) is 0. The minimum atomic E-state index is -0.300. The summed E-state index contributed by atoms with van der Waals surface area (Å²) in [5.74, 6) is 0.0272. The number of unbranched alkanes of at least 4 members (excludes halogenated alkanes) is 1. The van der Waals surface area contributed by atoms with Crippen LogP contribution in [0.25, 0.3) is 0 Å². The van der Waals surface area contributed by atoms with Crippen LogP contribution in [0.15, 0.2) is 30.3 Å². The number of carbonyl (C=O) groups is 2. The standard InChI is InChI=1S/C15H19NO3/c1-2-3-9-19-15(18)16-10-13(11-16)14(17)12-7-5-4-6-8-12/h4-8,13H,2-3,9-11H2,1H3. The Bertz CT molecular complexity index is 438. The van der Waals surface area contributed by atoms with E-state index in [9.17, 15) is 9.59 Å². The third-order valence-electron chi connectivity index (χ3n) is 3.29. The van der Waals surface area contributed by atoms with Gasteiger partial charge in [-0.3, -0.25) is 4.79 Å². The molecule has 1 aromatic carbocycles. The van der Waals surface area contributed by atoms with Gasteiger partial charge in [0.05, 0.1) is 12.5 Å². The molecule has 1 heterocycles. The van der Waals surface area contributed by atoms with Crippen LogP contribution in [0.1, 0.15) is 30.1 Å². The molecule has 0 spiro atoms. The van der Waals surface area contributed by atoms with Crippen molar-refractivity contribution in [1.29, 1.82) is 0 Å². The monoisotopic (exact) mass is 261 g/mol. The van der Waals surface area contributed by atoms with E-state index in [4.69, 9.17) is 4.74 Å². The predicted molar refractivity (Wildman–Crippen MR) is 72.1 cm³/mol. The van der Waals surface area contributed by atoms with Gasteiger partial charge >= 0.3 is 6.09 Å². The van der Waals surface area contributed by atoms with Gasteiger partial charge in [0.15, 0.2) is 5.78 Å². The smallest absolute Gasteiger partial charge is 0.409 e. The Labute approximate surface area is 113 Å². The first-order valence-corrected chi connectivity index (χ1v) is 6.73. The lowest BCUT2D eigenvalue weighted by molar-refractivity contribution is 0.0467. The van der Waals surface area contributed by atoms with Crippen LogP contribution in [0, 0.1) is 5.92 Å². The Morgan fingerprint density at radius 3 is 2.58 bits per heavy atom. The van der Waals surface area contributed by atoms with E-state index in [2.05, 4.69) is 0 Å². The molecule has 1 aliphatic heterocycles. The van der Waals surface area contributed by atoms with Crippen LogP contribution in [0.4, 0.5) is 4.79 Å². The number of nitrogens with zero attached hydrogens (tertiary/aromatic N) is 1. The van der Waals surface area contributed by atoms with Gasteiger partial charge in [-0.05, 0) is 6.42 Å². The fraction of sp³-hybridized carbons (Fsp3) is 0.467. The van der Waals surface area contributed by atoms with Gasteiger partial charge in [-0.2, -0.15) is 0 Å². The summed E-state index contributed by atoms with van der Waals surface area (Å²) in [6.45, 7) is 3.45. The highest BCUT2D eigenvalue weighted by Gasteiger charge is 2.36. The van der Waals surface area contributed by atoms with Crippen molar-refractivity contribution in [2.24, 2.45) is 5.92 Å². The third-order valence-corrected chi connectivity index (χ3v) is 3.29. The molecule has 4 nitrogen and oxygen atoms in total. The number of amides is 1. The first-order valence-electron chi connectivity index (χ1n) is 6.73. The molecule has 0 N–H and O–H groups in total. The molecule has 2 rings (SSSR count). The maximum absolute atomic E-state index is 12.1. The largest absolute Gasteiger partial charge is 0.449 e. The lowest BCUT2D eigenvalue weighted by atomic mass is 9.91. The summed E-state index contributed by atoms with van der Waals surface area (Å²) in [6.07, 6.45) is 1.58. The third kappa shape index (κ3) is 3.34. The molecule has 19 heavy (non-hydrogen) atoms. The van der Waals surface area contributed by atoms with Crippen molar-refractivity contribution in [2.75, 3.05) is 19.7 Å². The molecule has 102 valence electrons. The minimum absolute atomic E-state index is 0.0823. The Morgan fingerprint density at radius 2 is 1.95 bits per heavy atom. The highest BCUT2D eigenvalue weighted by Crippen LogP contribution is 2.21. The van der Waals surface area contributed by atoms with Gasteiger partial charge in [-0.1, -0.05) is 43.7 Å². The van der Waals surface area contributed by atoms with E-state index in [1.54, 1.807) is 4.90 Å². The molecule has 0 atom stereocenters. The summed E-state index contributed by atoms with van der Waals surface area (Å²) in [4.78, 5) is 25.3. The fourth-order valence-electron chi connectivity index (χ4n) is 2.03. The van der Waals surface area contributed by atoms with Crippen molar-refractivity contribution in [3.8, 4) is 0 Å². The lowest BCUT2D eigenvalue weighted by Gasteiger charge is -2.37. The van der Waals surface area contributed by atoms with Crippen molar-refractivity contribution in [3.05, 3.63) is 35.9 Å².